The van der Waals surface area contributed by atoms with E-state index in [2.05, 4.69) is 15.5 Å². The minimum atomic E-state index is 0.292. The van der Waals surface area contributed by atoms with E-state index in [4.69, 9.17) is 4.42 Å². The molecule has 1 aliphatic heterocycles. The third-order valence-corrected chi connectivity index (χ3v) is 2.15. The Balaban J connectivity index is 2.08. The predicted molar refractivity (Wildman–Crippen MR) is 43.6 cm³/mol. The van der Waals surface area contributed by atoms with Crippen molar-refractivity contribution < 1.29 is 4.42 Å². The fourth-order valence-corrected chi connectivity index (χ4v) is 1.52. The van der Waals surface area contributed by atoms with E-state index in [1.807, 2.05) is 6.92 Å². The van der Waals surface area contributed by atoms with Crippen LogP contribution >= 0.6 is 0 Å². The summed E-state index contributed by atoms with van der Waals surface area (Å²) >= 11 is 0. The molecule has 0 radical (unpaired) electrons. The van der Waals surface area contributed by atoms with Crippen molar-refractivity contribution in [3.05, 3.63) is 11.8 Å². The molecular formula is C8H13N3O. The molecule has 2 heterocycles. The molecule has 0 aliphatic carbocycles. The minimum Gasteiger partial charge on any atom is -0.424 e. The maximum atomic E-state index is 5.34. The van der Waals surface area contributed by atoms with E-state index in [9.17, 15) is 0 Å². The van der Waals surface area contributed by atoms with Gasteiger partial charge in [0.25, 0.3) is 0 Å². The highest BCUT2D eigenvalue weighted by Crippen LogP contribution is 2.21. The Morgan fingerprint density at radius 2 is 2.33 bits per heavy atom. The molecule has 4 nitrogen and oxygen atoms in total. The average molecular weight is 167 g/mol. The van der Waals surface area contributed by atoms with Gasteiger partial charge in [-0.25, -0.2) is 0 Å². The van der Waals surface area contributed by atoms with Gasteiger partial charge in [-0.15, -0.1) is 10.2 Å². The van der Waals surface area contributed by atoms with E-state index < -0.39 is 0 Å². The standard InChI is InChI=1S/C8H13N3O/c1-6-10-11-8(12-6)7-4-2-3-5-9-7/h7,9H,2-5H2,1H3/t7-/m1/s1. The van der Waals surface area contributed by atoms with Crippen LogP contribution in [0.2, 0.25) is 0 Å². The first kappa shape index (κ1) is 7.73. The van der Waals surface area contributed by atoms with Crippen LogP contribution in [0.5, 0.6) is 0 Å². The lowest BCUT2D eigenvalue weighted by Gasteiger charge is -2.19. The molecule has 0 aromatic carbocycles. The Kier molecular flexibility index (Phi) is 2.08. The van der Waals surface area contributed by atoms with Gasteiger partial charge in [-0.05, 0) is 19.4 Å². The maximum absolute atomic E-state index is 5.34. The second-order valence-corrected chi connectivity index (χ2v) is 3.16. The zero-order chi connectivity index (χ0) is 8.39. The third kappa shape index (κ3) is 1.48. The Hall–Kier alpha value is -0.900. The summed E-state index contributed by atoms with van der Waals surface area (Å²) in [5, 5.41) is 11.1. The van der Waals surface area contributed by atoms with Crippen molar-refractivity contribution in [2.75, 3.05) is 6.54 Å². The van der Waals surface area contributed by atoms with Gasteiger partial charge >= 0.3 is 0 Å². The van der Waals surface area contributed by atoms with Gasteiger partial charge in [0.15, 0.2) is 0 Å². The molecule has 1 atom stereocenters. The molecule has 0 bridgehead atoms. The summed E-state index contributed by atoms with van der Waals surface area (Å²) in [7, 11) is 0. The van der Waals surface area contributed by atoms with Crippen molar-refractivity contribution in [2.24, 2.45) is 0 Å². The lowest BCUT2D eigenvalue weighted by molar-refractivity contribution is 0.333. The number of piperidine rings is 1. The summed E-state index contributed by atoms with van der Waals surface area (Å²) in [6.45, 7) is 2.88. The molecule has 12 heavy (non-hydrogen) atoms. The van der Waals surface area contributed by atoms with Gasteiger partial charge in [0.2, 0.25) is 11.8 Å². The van der Waals surface area contributed by atoms with Crippen LogP contribution in [0.3, 0.4) is 0 Å². The van der Waals surface area contributed by atoms with E-state index in [0.717, 1.165) is 18.9 Å². The van der Waals surface area contributed by atoms with Gasteiger partial charge in [0.05, 0.1) is 6.04 Å². The van der Waals surface area contributed by atoms with E-state index in [1.165, 1.54) is 12.8 Å². The first-order valence-electron chi connectivity index (χ1n) is 4.39. The topological polar surface area (TPSA) is 51.0 Å². The first-order chi connectivity index (χ1) is 5.86. The quantitative estimate of drug-likeness (QED) is 0.682. The monoisotopic (exact) mass is 167 g/mol. The molecule has 2 rings (SSSR count). The molecule has 0 amide bonds. The van der Waals surface area contributed by atoms with Gasteiger partial charge < -0.3 is 9.73 Å². The molecule has 66 valence electrons. The number of nitrogens with one attached hydrogen (secondary N) is 1. The van der Waals surface area contributed by atoms with Crippen molar-refractivity contribution in [3.8, 4) is 0 Å². The zero-order valence-electron chi connectivity index (χ0n) is 7.21. The molecule has 1 aromatic heterocycles. The van der Waals surface area contributed by atoms with Crippen LogP contribution in [-0.4, -0.2) is 16.7 Å². The molecule has 0 spiro atoms. The number of hydrogen-bond donors (Lipinski definition) is 1. The maximum Gasteiger partial charge on any atom is 0.233 e. The normalized spacial score (nSPS) is 24.2. The van der Waals surface area contributed by atoms with Crippen molar-refractivity contribution in [1.29, 1.82) is 0 Å². The summed E-state index contributed by atoms with van der Waals surface area (Å²) in [4.78, 5) is 0. The lowest BCUT2D eigenvalue weighted by atomic mass is 10.1. The molecular weight excluding hydrogens is 154 g/mol. The number of aryl methyl sites for hydroxylation is 1. The van der Waals surface area contributed by atoms with Crippen molar-refractivity contribution >= 4 is 0 Å². The Bertz CT molecular complexity index is 253. The van der Waals surface area contributed by atoms with Gasteiger partial charge in [0.1, 0.15) is 0 Å². The first-order valence-corrected chi connectivity index (χ1v) is 4.39. The highest BCUT2D eigenvalue weighted by atomic mass is 16.4. The number of nitrogens with zero attached hydrogens (tertiary/aromatic N) is 2. The van der Waals surface area contributed by atoms with E-state index >= 15 is 0 Å². The van der Waals surface area contributed by atoms with Crippen molar-refractivity contribution in [2.45, 2.75) is 32.2 Å². The highest BCUT2D eigenvalue weighted by molar-refractivity contribution is 4.90. The smallest absolute Gasteiger partial charge is 0.233 e. The van der Waals surface area contributed by atoms with Crippen LogP contribution in [0.4, 0.5) is 0 Å². The molecule has 1 N–H and O–H groups in total. The van der Waals surface area contributed by atoms with E-state index in [-0.39, 0.29) is 0 Å². The minimum absolute atomic E-state index is 0.292. The number of aromatic nitrogens is 2. The van der Waals surface area contributed by atoms with Crippen LogP contribution in [0, 0.1) is 6.92 Å². The molecule has 4 heteroatoms. The van der Waals surface area contributed by atoms with Gasteiger partial charge in [-0.2, -0.15) is 0 Å². The van der Waals surface area contributed by atoms with Crippen LogP contribution in [-0.2, 0) is 0 Å². The van der Waals surface area contributed by atoms with Crippen molar-refractivity contribution in [3.63, 3.8) is 0 Å². The number of hydrogen-bond acceptors (Lipinski definition) is 4. The van der Waals surface area contributed by atoms with Crippen LogP contribution in [0.15, 0.2) is 4.42 Å². The Morgan fingerprint density at radius 1 is 1.42 bits per heavy atom. The average Bonchev–Trinajstić information content (AvgIpc) is 2.54. The fourth-order valence-electron chi connectivity index (χ4n) is 1.52. The second-order valence-electron chi connectivity index (χ2n) is 3.16. The molecule has 1 aromatic rings. The van der Waals surface area contributed by atoms with Gasteiger partial charge in [0, 0.05) is 6.92 Å². The summed E-state index contributed by atoms with van der Waals surface area (Å²) in [5.41, 5.74) is 0. The Labute approximate surface area is 71.4 Å². The van der Waals surface area contributed by atoms with Gasteiger partial charge in [-0.3, -0.25) is 0 Å². The summed E-state index contributed by atoms with van der Waals surface area (Å²) in [6.07, 6.45) is 3.62. The molecule has 1 aliphatic rings. The van der Waals surface area contributed by atoms with Crippen LogP contribution < -0.4 is 5.32 Å². The SMILES string of the molecule is Cc1nnc([C@H]2CCCCN2)o1. The van der Waals surface area contributed by atoms with Crippen molar-refractivity contribution in [1.82, 2.24) is 15.5 Å². The summed E-state index contributed by atoms with van der Waals surface area (Å²) < 4.78 is 5.34. The fraction of sp³-hybridized carbons (Fsp3) is 0.750. The number of rotatable bonds is 1. The van der Waals surface area contributed by atoms with Crippen LogP contribution in [0.25, 0.3) is 0 Å². The summed E-state index contributed by atoms with van der Waals surface area (Å²) in [5.74, 6) is 1.39. The zero-order valence-corrected chi connectivity index (χ0v) is 7.21. The molecule has 1 fully saturated rings. The van der Waals surface area contributed by atoms with E-state index in [0.29, 0.717) is 11.9 Å². The Morgan fingerprint density at radius 3 is 2.92 bits per heavy atom. The summed E-state index contributed by atoms with van der Waals surface area (Å²) in [6, 6.07) is 0.292. The molecule has 0 saturated carbocycles. The van der Waals surface area contributed by atoms with Crippen LogP contribution in [0.1, 0.15) is 37.1 Å². The lowest BCUT2D eigenvalue weighted by Crippen LogP contribution is -2.26. The predicted octanol–water partition coefficient (Wildman–Crippen LogP) is 1.19. The van der Waals surface area contributed by atoms with Gasteiger partial charge in [-0.1, -0.05) is 6.42 Å². The largest absolute Gasteiger partial charge is 0.424 e. The molecule has 1 saturated heterocycles. The van der Waals surface area contributed by atoms with E-state index in [1.54, 1.807) is 0 Å². The third-order valence-electron chi connectivity index (χ3n) is 2.15. The second kappa shape index (κ2) is 3.23. The highest BCUT2D eigenvalue weighted by Gasteiger charge is 2.19. The molecule has 0 unspecified atom stereocenters.